The Kier molecular flexibility index (Phi) is 5.64. The van der Waals surface area contributed by atoms with Crippen LogP contribution in [0.1, 0.15) is 36.0 Å². The van der Waals surface area contributed by atoms with Crippen LogP contribution in [0.15, 0.2) is 18.2 Å². The smallest absolute Gasteiger partial charge is 0.469 e. The molecular weight excluding hydrogens is 323 g/mol. The van der Waals surface area contributed by atoms with Gasteiger partial charge in [-0.15, -0.1) is 0 Å². The number of carbonyl (C=O) groups excluding carboxylic acids is 1. The summed E-state index contributed by atoms with van der Waals surface area (Å²) in [5.41, 5.74) is 6.62. The van der Waals surface area contributed by atoms with E-state index in [0.717, 1.165) is 0 Å². The minimum absolute atomic E-state index is 0.0531. The van der Waals surface area contributed by atoms with Crippen molar-refractivity contribution in [2.45, 2.75) is 37.8 Å². The molecule has 0 radical (unpaired) electrons. The predicted molar refractivity (Wildman–Crippen MR) is 84.0 cm³/mol. The summed E-state index contributed by atoms with van der Waals surface area (Å²) >= 11 is 0. The van der Waals surface area contributed by atoms with Crippen LogP contribution in [-0.2, 0) is 9.09 Å². The van der Waals surface area contributed by atoms with E-state index >= 15 is 0 Å². The van der Waals surface area contributed by atoms with Gasteiger partial charge in [-0.2, -0.15) is 0 Å². The maximum Gasteiger partial charge on any atom is 0.469 e. The molecule has 1 saturated carbocycles. The van der Waals surface area contributed by atoms with E-state index in [1.807, 2.05) is 0 Å². The summed E-state index contributed by atoms with van der Waals surface area (Å²) in [6.45, 7) is 0. The molecule has 1 aliphatic rings. The molecule has 2 rings (SSSR count). The molecule has 8 nitrogen and oxygen atoms in total. The Morgan fingerprint density at radius 2 is 1.96 bits per heavy atom. The van der Waals surface area contributed by atoms with Crippen molar-refractivity contribution in [3.8, 4) is 5.75 Å². The summed E-state index contributed by atoms with van der Waals surface area (Å²) in [5.74, 6) is 0.207. The number of nitrogens with two attached hydrogens (primary N) is 1. The van der Waals surface area contributed by atoms with Crippen LogP contribution in [0.3, 0.4) is 0 Å². The monoisotopic (exact) mass is 344 g/mol. The molecule has 5 N–H and O–H groups in total. The van der Waals surface area contributed by atoms with E-state index in [-0.39, 0.29) is 11.9 Å². The van der Waals surface area contributed by atoms with Crippen molar-refractivity contribution >= 4 is 19.4 Å². The fraction of sp³-hybridized carbons (Fsp3) is 0.500. The Balaban J connectivity index is 1.89. The van der Waals surface area contributed by atoms with Gasteiger partial charge in [-0.05, 0) is 43.9 Å². The molecule has 1 amide bonds. The summed E-state index contributed by atoms with van der Waals surface area (Å²) in [4.78, 5) is 29.8. The van der Waals surface area contributed by atoms with E-state index in [4.69, 9.17) is 20.3 Å². The third-order valence-electron chi connectivity index (χ3n) is 3.79. The maximum absolute atomic E-state index is 12.2. The first-order valence-electron chi connectivity index (χ1n) is 7.27. The lowest BCUT2D eigenvalue weighted by Gasteiger charge is -2.29. The third-order valence-corrected chi connectivity index (χ3v) is 4.36. The summed E-state index contributed by atoms with van der Waals surface area (Å²) in [6.07, 6.45) is 1.70. The molecule has 0 atom stereocenters. The van der Waals surface area contributed by atoms with Gasteiger partial charge in [0, 0.05) is 11.6 Å². The average Bonchev–Trinajstić information content (AvgIpc) is 2.48. The van der Waals surface area contributed by atoms with E-state index < -0.39 is 13.9 Å². The zero-order valence-electron chi connectivity index (χ0n) is 12.8. The van der Waals surface area contributed by atoms with Gasteiger partial charge in [-0.25, -0.2) is 4.57 Å². The van der Waals surface area contributed by atoms with Gasteiger partial charge in [0.25, 0.3) is 5.91 Å². The number of nitrogen functional groups attached to an aromatic ring is 1. The number of ether oxygens (including phenoxy) is 1. The second-order valence-corrected chi connectivity index (χ2v) is 6.69. The van der Waals surface area contributed by atoms with Gasteiger partial charge in [0.2, 0.25) is 0 Å². The van der Waals surface area contributed by atoms with E-state index in [2.05, 4.69) is 9.84 Å². The number of hydrogen-bond donors (Lipinski definition) is 4. The third kappa shape index (κ3) is 5.21. The normalized spacial score (nSPS) is 21.7. The molecule has 128 valence electrons. The highest BCUT2D eigenvalue weighted by Crippen LogP contribution is 2.40. The van der Waals surface area contributed by atoms with Crippen LogP contribution in [0.25, 0.3) is 0 Å². The van der Waals surface area contributed by atoms with Gasteiger partial charge >= 0.3 is 7.82 Å². The summed E-state index contributed by atoms with van der Waals surface area (Å²) in [6, 6.07) is 4.75. The van der Waals surface area contributed by atoms with E-state index in [9.17, 15) is 9.36 Å². The highest BCUT2D eigenvalue weighted by molar-refractivity contribution is 7.46. The molecule has 1 fully saturated rings. The summed E-state index contributed by atoms with van der Waals surface area (Å²) in [7, 11) is -2.97. The number of amides is 1. The summed E-state index contributed by atoms with van der Waals surface area (Å²) < 4.78 is 20.6. The van der Waals surface area contributed by atoms with Crippen LogP contribution >= 0.6 is 7.82 Å². The Hall–Kier alpha value is -1.60. The molecular formula is C14H21N2O6P. The second kappa shape index (κ2) is 7.31. The van der Waals surface area contributed by atoms with E-state index in [1.165, 1.54) is 7.11 Å². The highest BCUT2D eigenvalue weighted by Gasteiger charge is 2.28. The second-order valence-electron chi connectivity index (χ2n) is 5.50. The number of phosphoric acid groups is 1. The zero-order valence-corrected chi connectivity index (χ0v) is 13.7. The fourth-order valence-electron chi connectivity index (χ4n) is 2.63. The Morgan fingerprint density at radius 3 is 2.52 bits per heavy atom. The molecule has 1 aromatic rings. The topological polar surface area (TPSA) is 131 Å². The van der Waals surface area contributed by atoms with Crippen molar-refractivity contribution in [1.29, 1.82) is 0 Å². The van der Waals surface area contributed by atoms with Crippen molar-refractivity contribution in [3.63, 3.8) is 0 Å². The van der Waals surface area contributed by atoms with Crippen LogP contribution in [-0.4, -0.2) is 34.9 Å². The predicted octanol–water partition coefficient (Wildman–Crippen LogP) is 1.43. The highest BCUT2D eigenvalue weighted by atomic mass is 31.2. The Labute approximate surface area is 134 Å². The lowest BCUT2D eigenvalue weighted by atomic mass is 9.93. The largest absolute Gasteiger partial charge is 0.495 e. The minimum atomic E-state index is -4.46. The number of benzene rings is 1. The van der Waals surface area contributed by atoms with Gasteiger partial charge < -0.3 is 25.6 Å². The number of phosphoric ester groups is 1. The molecule has 23 heavy (non-hydrogen) atoms. The molecule has 0 aromatic heterocycles. The lowest BCUT2D eigenvalue weighted by molar-refractivity contribution is 0.0820. The van der Waals surface area contributed by atoms with E-state index in [1.54, 1.807) is 18.2 Å². The zero-order chi connectivity index (χ0) is 17.0. The first kappa shape index (κ1) is 17.7. The molecule has 0 unspecified atom stereocenters. The van der Waals surface area contributed by atoms with Crippen molar-refractivity contribution in [2.24, 2.45) is 0 Å². The van der Waals surface area contributed by atoms with Crippen LogP contribution in [0.2, 0.25) is 0 Å². The number of nitrogens with one attached hydrogen (secondary N) is 1. The van der Waals surface area contributed by atoms with E-state index in [0.29, 0.717) is 42.7 Å². The van der Waals surface area contributed by atoms with Crippen LogP contribution in [0.4, 0.5) is 5.69 Å². The number of hydrogen-bond acceptors (Lipinski definition) is 5. The Morgan fingerprint density at radius 1 is 1.30 bits per heavy atom. The van der Waals surface area contributed by atoms with Crippen LogP contribution < -0.4 is 15.8 Å². The number of methoxy groups -OCH3 is 1. The summed E-state index contributed by atoms with van der Waals surface area (Å²) in [5, 5.41) is 2.90. The molecule has 0 heterocycles. The maximum atomic E-state index is 12.2. The number of rotatable bonds is 5. The standard InChI is InChI=1S/C14H21N2O6P/c1-21-13-8-9(2-7-12(13)15)14(17)16-10-3-5-11(6-4-10)22-23(18,19)20/h2,7-8,10-11H,3-6,15H2,1H3,(H,16,17)(H2,18,19,20)/t10-,11-. The lowest BCUT2D eigenvalue weighted by Crippen LogP contribution is -2.39. The van der Waals surface area contributed by atoms with Crippen molar-refractivity contribution in [1.82, 2.24) is 5.32 Å². The number of carbonyl (C=O) groups is 1. The molecule has 1 aromatic carbocycles. The van der Waals surface area contributed by atoms with Gasteiger partial charge in [0.1, 0.15) is 5.75 Å². The fourth-order valence-corrected chi connectivity index (χ4v) is 3.23. The van der Waals surface area contributed by atoms with Gasteiger partial charge in [0.05, 0.1) is 18.9 Å². The van der Waals surface area contributed by atoms with Gasteiger partial charge in [-0.3, -0.25) is 9.32 Å². The number of anilines is 1. The van der Waals surface area contributed by atoms with Crippen molar-refractivity contribution < 1.29 is 28.4 Å². The minimum Gasteiger partial charge on any atom is -0.495 e. The molecule has 9 heteroatoms. The van der Waals surface area contributed by atoms with Crippen molar-refractivity contribution in [3.05, 3.63) is 23.8 Å². The molecule has 0 saturated heterocycles. The quantitative estimate of drug-likeness (QED) is 0.469. The first-order valence-corrected chi connectivity index (χ1v) is 8.80. The Bertz CT molecular complexity index is 609. The molecule has 1 aliphatic carbocycles. The van der Waals surface area contributed by atoms with Crippen molar-refractivity contribution in [2.75, 3.05) is 12.8 Å². The average molecular weight is 344 g/mol. The van der Waals surface area contributed by atoms with Crippen LogP contribution in [0, 0.1) is 0 Å². The molecule has 0 aliphatic heterocycles. The molecule has 0 bridgehead atoms. The van der Waals surface area contributed by atoms with Gasteiger partial charge in [0.15, 0.2) is 0 Å². The first-order chi connectivity index (χ1) is 10.8. The molecule has 0 spiro atoms. The van der Waals surface area contributed by atoms with Gasteiger partial charge in [-0.1, -0.05) is 0 Å². The SMILES string of the molecule is COc1cc(C(=O)N[C@H]2CC[C@H](OP(=O)(O)O)CC2)ccc1N. The van der Waals surface area contributed by atoms with Crippen LogP contribution in [0.5, 0.6) is 5.75 Å².